The molecule has 1 unspecified atom stereocenters. The minimum absolute atomic E-state index is 0.0720. The van der Waals surface area contributed by atoms with Crippen molar-refractivity contribution < 1.29 is 4.79 Å². The van der Waals surface area contributed by atoms with Crippen LogP contribution in [0.5, 0.6) is 0 Å². The molecule has 1 aromatic heterocycles. The first kappa shape index (κ1) is 15.8. The molecule has 0 saturated heterocycles. The molecule has 4 rings (SSSR count). The van der Waals surface area contributed by atoms with Crippen molar-refractivity contribution in [2.45, 2.75) is 32.7 Å². The largest absolute Gasteiger partial charge is 0.335 e. The van der Waals surface area contributed by atoms with Gasteiger partial charge in [0, 0.05) is 18.1 Å². The third-order valence-corrected chi connectivity index (χ3v) is 5.21. The van der Waals surface area contributed by atoms with Crippen LogP contribution in [0.1, 0.15) is 45.2 Å². The quantitative estimate of drug-likeness (QED) is 0.687. The molecule has 0 aliphatic heterocycles. The van der Waals surface area contributed by atoms with Crippen molar-refractivity contribution in [1.29, 1.82) is 0 Å². The van der Waals surface area contributed by atoms with E-state index in [2.05, 4.69) is 35.3 Å². The van der Waals surface area contributed by atoms with Gasteiger partial charge in [-0.15, -0.1) is 0 Å². The van der Waals surface area contributed by atoms with Crippen LogP contribution in [0, 0.1) is 13.8 Å². The molecular formula is C22H22N2O. The zero-order valence-electron chi connectivity index (χ0n) is 14.9. The van der Waals surface area contributed by atoms with Crippen molar-refractivity contribution in [3.63, 3.8) is 0 Å². The molecule has 1 aliphatic rings. The smallest absolute Gasteiger partial charge is 0.254 e. The first-order valence-electron chi connectivity index (χ1n) is 8.77. The second kappa shape index (κ2) is 5.99. The topological polar surface area (TPSA) is 33.2 Å². The molecule has 3 heteroatoms. The lowest BCUT2D eigenvalue weighted by Gasteiger charge is -2.26. The van der Waals surface area contributed by atoms with Crippen LogP contribution in [0.25, 0.3) is 10.9 Å². The minimum Gasteiger partial charge on any atom is -0.335 e. The molecule has 0 fully saturated rings. The number of aryl methyl sites for hydroxylation is 3. The molecule has 1 heterocycles. The van der Waals surface area contributed by atoms with Gasteiger partial charge in [0.2, 0.25) is 0 Å². The zero-order chi connectivity index (χ0) is 17.6. The summed E-state index contributed by atoms with van der Waals surface area (Å²) in [7, 11) is 1.92. The molecule has 1 atom stereocenters. The van der Waals surface area contributed by atoms with Gasteiger partial charge in [0.25, 0.3) is 5.91 Å². The highest BCUT2D eigenvalue weighted by molar-refractivity contribution is 6.06. The second-order valence-electron chi connectivity index (χ2n) is 7.00. The predicted octanol–water partition coefficient (Wildman–Crippen LogP) is 4.61. The Balaban J connectivity index is 1.77. The molecular weight excluding hydrogens is 308 g/mol. The van der Waals surface area contributed by atoms with Crippen LogP contribution in [0.4, 0.5) is 0 Å². The zero-order valence-corrected chi connectivity index (χ0v) is 14.9. The predicted molar refractivity (Wildman–Crippen MR) is 101 cm³/mol. The van der Waals surface area contributed by atoms with Crippen molar-refractivity contribution in [2.75, 3.05) is 7.05 Å². The molecule has 0 bridgehead atoms. The standard InChI is InChI=1S/C22H22N2O/c1-14-8-10-20-18(12-14)19(13-15(2)23-20)22(25)24(3)21-11-9-16-6-4-5-7-17(16)21/h4-8,10,12-13,21H,9,11H2,1-3H3. The summed E-state index contributed by atoms with van der Waals surface area (Å²) < 4.78 is 0. The van der Waals surface area contributed by atoms with E-state index in [9.17, 15) is 4.79 Å². The summed E-state index contributed by atoms with van der Waals surface area (Å²) in [6, 6.07) is 16.6. The van der Waals surface area contributed by atoms with E-state index in [0.717, 1.165) is 40.6 Å². The molecule has 0 saturated carbocycles. The first-order valence-corrected chi connectivity index (χ1v) is 8.77. The minimum atomic E-state index is 0.0720. The number of rotatable bonds is 2. The normalized spacial score (nSPS) is 16.0. The van der Waals surface area contributed by atoms with E-state index < -0.39 is 0 Å². The molecule has 3 aromatic rings. The maximum atomic E-state index is 13.3. The molecule has 25 heavy (non-hydrogen) atoms. The van der Waals surface area contributed by atoms with Crippen LogP contribution < -0.4 is 0 Å². The molecule has 2 aromatic carbocycles. The highest BCUT2D eigenvalue weighted by Crippen LogP contribution is 2.36. The molecule has 0 spiro atoms. The average Bonchev–Trinajstić information content (AvgIpc) is 3.04. The number of hydrogen-bond donors (Lipinski definition) is 0. The Morgan fingerprint density at radius 2 is 1.92 bits per heavy atom. The van der Waals surface area contributed by atoms with Crippen LogP contribution in [0.15, 0.2) is 48.5 Å². The van der Waals surface area contributed by atoms with E-state index in [0.29, 0.717) is 0 Å². The van der Waals surface area contributed by atoms with Crippen molar-refractivity contribution in [1.82, 2.24) is 9.88 Å². The van der Waals surface area contributed by atoms with Gasteiger partial charge in [-0.2, -0.15) is 0 Å². The molecule has 3 nitrogen and oxygen atoms in total. The summed E-state index contributed by atoms with van der Waals surface area (Å²) >= 11 is 0. The lowest BCUT2D eigenvalue weighted by molar-refractivity contribution is 0.0732. The summed E-state index contributed by atoms with van der Waals surface area (Å²) in [4.78, 5) is 19.8. The maximum absolute atomic E-state index is 13.3. The third-order valence-electron chi connectivity index (χ3n) is 5.21. The van der Waals surface area contributed by atoms with Crippen LogP contribution in [0.2, 0.25) is 0 Å². The highest BCUT2D eigenvalue weighted by Gasteiger charge is 2.29. The summed E-state index contributed by atoms with van der Waals surface area (Å²) in [6.07, 6.45) is 2.02. The number of fused-ring (bicyclic) bond motifs is 2. The number of amides is 1. The Kier molecular flexibility index (Phi) is 3.79. The van der Waals surface area contributed by atoms with Gasteiger partial charge < -0.3 is 4.90 Å². The van der Waals surface area contributed by atoms with Gasteiger partial charge in [-0.3, -0.25) is 9.78 Å². The van der Waals surface area contributed by atoms with Gasteiger partial charge in [0.15, 0.2) is 0 Å². The van der Waals surface area contributed by atoms with Gasteiger partial charge in [-0.25, -0.2) is 0 Å². The Bertz CT molecular complexity index is 977. The van der Waals surface area contributed by atoms with Gasteiger partial charge in [-0.1, -0.05) is 35.9 Å². The number of hydrogen-bond acceptors (Lipinski definition) is 2. The van der Waals surface area contributed by atoms with E-state index in [4.69, 9.17) is 0 Å². The summed E-state index contributed by atoms with van der Waals surface area (Å²) in [5.41, 5.74) is 6.29. The lowest BCUT2D eigenvalue weighted by Crippen LogP contribution is -2.30. The van der Waals surface area contributed by atoms with Crippen molar-refractivity contribution in [3.8, 4) is 0 Å². The lowest BCUT2D eigenvalue weighted by atomic mass is 10.0. The number of nitrogens with zero attached hydrogens (tertiary/aromatic N) is 2. The van der Waals surface area contributed by atoms with Crippen LogP contribution in [0.3, 0.4) is 0 Å². The number of carbonyl (C=O) groups is 1. The monoisotopic (exact) mass is 330 g/mol. The highest BCUT2D eigenvalue weighted by atomic mass is 16.2. The number of pyridine rings is 1. The van der Waals surface area contributed by atoms with E-state index in [1.165, 1.54) is 11.1 Å². The van der Waals surface area contributed by atoms with Gasteiger partial charge >= 0.3 is 0 Å². The summed E-state index contributed by atoms with van der Waals surface area (Å²) in [6.45, 7) is 3.99. The molecule has 126 valence electrons. The van der Waals surface area contributed by atoms with Gasteiger partial charge in [0.1, 0.15) is 0 Å². The van der Waals surface area contributed by atoms with E-state index in [-0.39, 0.29) is 11.9 Å². The first-order chi connectivity index (χ1) is 12.0. The van der Waals surface area contributed by atoms with E-state index >= 15 is 0 Å². The van der Waals surface area contributed by atoms with Crippen molar-refractivity contribution in [3.05, 3.63) is 76.5 Å². The Morgan fingerprint density at radius 3 is 2.76 bits per heavy atom. The molecule has 1 amide bonds. The van der Waals surface area contributed by atoms with Crippen molar-refractivity contribution >= 4 is 16.8 Å². The maximum Gasteiger partial charge on any atom is 0.254 e. The third kappa shape index (κ3) is 2.70. The fourth-order valence-corrected chi connectivity index (χ4v) is 3.92. The fourth-order valence-electron chi connectivity index (χ4n) is 3.92. The van der Waals surface area contributed by atoms with E-state index in [1.54, 1.807) is 0 Å². The molecule has 1 aliphatic carbocycles. The summed E-state index contributed by atoms with van der Waals surface area (Å²) in [5.74, 6) is 0.0720. The molecule has 0 N–H and O–H groups in total. The van der Waals surface area contributed by atoms with E-state index in [1.807, 2.05) is 44.0 Å². The fraction of sp³-hybridized carbons (Fsp3) is 0.273. The Morgan fingerprint density at radius 1 is 1.12 bits per heavy atom. The van der Waals surface area contributed by atoms with Gasteiger partial charge in [-0.05, 0) is 56.0 Å². The van der Waals surface area contributed by atoms with Crippen molar-refractivity contribution in [2.24, 2.45) is 0 Å². The van der Waals surface area contributed by atoms with Crippen LogP contribution >= 0.6 is 0 Å². The second-order valence-corrected chi connectivity index (χ2v) is 7.00. The Hall–Kier alpha value is -2.68. The number of aromatic nitrogens is 1. The summed E-state index contributed by atoms with van der Waals surface area (Å²) in [5, 5.41) is 0.939. The van der Waals surface area contributed by atoms with Gasteiger partial charge in [0.05, 0.1) is 17.1 Å². The number of carbonyl (C=O) groups excluding carboxylic acids is 1. The Labute approximate surface area is 148 Å². The SMILES string of the molecule is Cc1ccc2nc(C)cc(C(=O)N(C)C3CCc4ccccc43)c2c1. The average molecular weight is 330 g/mol. The number of benzene rings is 2. The molecule has 0 radical (unpaired) electrons. The van der Waals surface area contributed by atoms with Crippen LogP contribution in [-0.4, -0.2) is 22.8 Å². The van der Waals surface area contributed by atoms with Crippen LogP contribution in [-0.2, 0) is 6.42 Å².